The van der Waals surface area contributed by atoms with Crippen LogP contribution in [0.25, 0.3) is 21.0 Å². The molecule has 0 bridgehead atoms. The van der Waals surface area contributed by atoms with E-state index in [0.29, 0.717) is 23.4 Å². The van der Waals surface area contributed by atoms with Gasteiger partial charge in [-0.1, -0.05) is 25.1 Å². The minimum atomic E-state index is -4.54. The van der Waals surface area contributed by atoms with E-state index >= 15 is 0 Å². The molecule has 0 saturated carbocycles. The molecular formula is C28H31F3N2O3S. The lowest BCUT2D eigenvalue weighted by Crippen LogP contribution is -2.36. The van der Waals surface area contributed by atoms with Crippen molar-refractivity contribution in [2.24, 2.45) is 5.92 Å². The fraction of sp³-hybridized carbons (Fsp3) is 0.429. The highest BCUT2D eigenvalue weighted by molar-refractivity contribution is 7.18. The summed E-state index contributed by atoms with van der Waals surface area (Å²) in [4.78, 5) is 18.9. The molecular weight excluding hydrogens is 501 g/mol. The molecule has 4 rings (SSSR count). The zero-order valence-corrected chi connectivity index (χ0v) is 22.0. The monoisotopic (exact) mass is 532 g/mol. The molecule has 37 heavy (non-hydrogen) atoms. The van der Waals surface area contributed by atoms with Crippen molar-refractivity contribution in [2.75, 3.05) is 13.1 Å². The van der Waals surface area contributed by atoms with Gasteiger partial charge >= 0.3 is 12.1 Å². The van der Waals surface area contributed by atoms with Crippen LogP contribution in [0.2, 0.25) is 0 Å². The van der Waals surface area contributed by atoms with Gasteiger partial charge in [-0.05, 0) is 81.1 Å². The molecule has 5 nitrogen and oxygen atoms in total. The minimum Gasteiger partial charge on any atom is -0.490 e. The van der Waals surface area contributed by atoms with E-state index in [1.165, 1.54) is 28.5 Å². The minimum absolute atomic E-state index is 0.184. The zero-order chi connectivity index (χ0) is 26.7. The molecule has 1 saturated heterocycles. The molecule has 1 fully saturated rings. The Morgan fingerprint density at radius 2 is 1.95 bits per heavy atom. The molecule has 9 heteroatoms. The van der Waals surface area contributed by atoms with E-state index in [0.717, 1.165) is 42.6 Å². The number of halogens is 3. The largest absolute Gasteiger partial charge is 0.490 e. The standard InChI is InChI=1S/C28H31F3N2O3S/c1-4-21-20(16-33-12-10-18(11-13-33)27(34)35)6-5-7-22(21)25-15-32-26(37-25)19-8-9-24(36-17(2)3)23(14-19)28(29,30)31/h5-9,14-15,17-18H,4,10-13,16H2,1-3H3,(H,34,35). The fourth-order valence-corrected chi connectivity index (χ4v) is 5.75. The summed E-state index contributed by atoms with van der Waals surface area (Å²) in [5, 5.41) is 9.77. The Hall–Kier alpha value is -2.91. The lowest BCUT2D eigenvalue weighted by atomic mass is 9.94. The molecule has 0 aliphatic carbocycles. The second kappa shape index (κ2) is 11.2. The molecule has 0 amide bonds. The quantitative estimate of drug-likeness (QED) is 0.334. The number of piperidine rings is 1. The van der Waals surface area contributed by atoms with Crippen molar-refractivity contribution in [2.45, 2.75) is 58.9 Å². The van der Waals surface area contributed by atoms with Crippen LogP contribution in [-0.2, 0) is 23.9 Å². The maximum absolute atomic E-state index is 13.7. The Morgan fingerprint density at radius 1 is 1.22 bits per heavy atom. The topological polar surface area (TPSA) is 62.7 Å². The van der Waals surface area contributed by atoms with Crippen LogP contribution < -0.4 is 4.74 Å². The number of rotatable bonds is 8. The zero-order valence-electron chi connectivity index (χ0n) is 21.1. The van der Waals surface area contributed by atoms with Crippen molar-refractivity contribution in [1.29, 1.82) is 0 Å². The predicted molar refractivity (Wildman–Crippen MR) is 139 cm³/mol. The number of benzene rings is 2. The highest BCUT2D eigenvalue weighted by atomic mass is 32.1. The van der Waals surface area contributed by atoms with Gasteiger partial charge in [0.1, 0.15) is 10.8 Å². The van der Waals surface area contributed by atoms with Gasteiger partial charge in [0.05, 0.1) is 22.5 Å². The Labute approximate surface area is 218 Å². The summed E-state index contributed by atoms with van der Waals surface area (Å²) in [5.41, 5.74) is 2.97. The first-order valence-corrected chi connectivity index (χ1v) is 13.3. The second-order valence-corrected chi connectivity index (χ2v) is 10.6. The summed E-state index contributed by atoms with van der Waals surface area (Å²) in [7, 11) is 0. The Balaban J connectivity index is 1.60. The van der Waals surface area contributed by atoms with Crippen LogP contribution >= 0.6 is 11.3 Å². The molecule has 1 aromatic heterocycles. The third-order valence-corrected chi connectivity index (χ3v) is 7.70. The second-order valence-electron chi connectivity index (χ2n) is 9.59. The molecule has 0 atom stereocenters. The van der Waals surface area contributed by atoms with E-state index in [4.69, 9.17) is 4.74 Å². The van der Waals surface area contributed by atoms with Crippen LogP contribution in [0.15, 0.2) is 42.6 Å². The summed E-state index contributed by atoms with van der Waals surface area (Å²) in [6, 6.07) is 10.2. The van der Waals surface area contributed by atoms with Gasteiger partial charge in [0, 0.05) is 18.3 Å². The Morgan fingerprint density at radius 3 is 2.57 bits per heavy atom. The number of ether oxygens (including phenoxy) is 1. The van der Waals surface area contributed by atoms with E-state index in [1.54, 1.807) is 26.1 Å². The maximum Gasteiger partial charge on any atom is 0.419 e. The van der Waals surface area contributed by atoms with E-state index in [-0.39, 0.29) is 17.8 Å². The van der Waals surface area contributed by atoms with Gasteiger partial charge in [-0.3, -0.25) is 9.69 Å². The van der Waals surface area contributed by atoms with Gasteiger partial charge in [-0.25, -0.2) is 4.98 Å². The van der Waals surface area contributed by atoms with Crippen LogP contribution in [-0.4, -0.2) is 40.2 Å². The Bertz CT molecular complexity index is 1250. The Kier molecular flexibility index (Phi) is 8.23. The van der Waals surface area contributed by atoms with Crippen molar-refractivity contribution < 1.29 is 27.8 Å². The van der Waals surface area contributed by atoms with Gasteiger partial charge in [0.15, 0.2) is 0 Å². The number of aliphatic carboxylic acids is 1. The molecule has 1 N–H and O–H groups in total. The van der Waals surface area contributed by atoms with Crippen molar-refractivity contribution >= 4 is 17.3 Å². The van der Waals surface area contributed by atoms with Crippen molar-refractivity contribution in [3.63, 3.8) is 0 Å². The number of aromatic nitrogens is 1. The smallest absolute Gasteiger partial charge is 0.419 e. The molecule has 0 spiro atoms. The van der Waals surface area contributed by atoms with E-state index in [1.807, 2.05) is 12.1 Å². The number of thiazole rings is 1. The summed E-state index contributed by atoms with van der Waals surface area (Å²) < 4.78 is 46.6. The van der Waals surface area contributed by atoms with Gasteiger partial charge in [-0.2, -0.15) is 13.2 Å². The molecule has 1 aliphatic rings. The SMILES string of the molecule is CCc1c(CN2CCC(C(=O)O)CC2)cccc1-c1cnc(-c2ccc(OC(C)C)c(C(F)(F)F)c2)s1. The number of hydrogen-bond donors (Lipinski definition) is 1. The summed E-state index contributed by atoms with van der Waals surface area (Å²) in [5.74, 6) is -1.18. The number of carboxylic acid groups (broad SMARTS) is 1. The summed E-state index contributed by atoms with van der Waals surface area (Å²) >= 11 is 1.37. The van der Waals surface area contributed by atoms with E-state index < -0.39 is 17.7 Å². The van der Waals surface area contributed by atoms with Crippen LogP contribution in [0.3, 0.4) is 0 Å². The fourth-order valence-electron chi connectivity index (χ4n) is 4.78. The van der Waals surface area contributed by atoms with Crippen LogP contribution in [0.4, 0.5) is 13.2 Å². The first kappa shape index (κ1) is 27.1. The third-order valence-electron chi connectivity index (χ3n) is 6.62. The number of nitrogens with zero attached hydrogens (tertiary/aromatic N) is 2. The molecule has 0 unspecified atom stereocenters. The third kappa shape index (κ3) is 6.33. The average molecular weight is 533 g/mol. The highest BCUT2D eigenvalue weighted by Crippen LogP contribution is 2.41. The number of likely N-dealkylation sites (tertiary alicyclic amines) is 1. The molecule has 1 aliphatic heterocycles. The number of hydrogen-bond acceptors (Lipinski definition) is 5. The van der Waals surface area contributed by atoms with Crippen LogP contribution in [0.5, 0.6) is 5.75 Å². The first-order chi connectivity index (χ1) is 17.6. The maximum atomic E-state index is 13.7. The van der Waals surface area contributed by atoms with E-state index in [9.17, 15) is 23.1 Å². The van der Waals surface area contributed by atoms with E-state index in [2.05, 4.69) is 22.9 Å². The van der Waals surface area contributed by atoms with Gasteiger partial charge in [0.25, 0.3) is 0 Å². The van der Waals surface area contributed by atoms with Crippen LogP contribution in [0, 0.1) is 5.92 Å². The normalized spacial score (nSPS) is 15.3. The lowest BCUT2D eigenvalue weighted by Gasteiger charge is -2.30. The number of carboxylic acids is 1. The predicted octanol–water partition coefficient (Wildman–Crippen LogP) is 7.14. The van der Waals surface area contributed by atoms with Gasteiger partial charge in [0.2, 0.25) is 0 Å². The van der Waals surface area contributed by atoms with Crippen molar-refractivity contribution in [3.05, 3.63) is 59.3 Å². The molecule has 0 radical (unpaired) electrons. The molecule has 198 valence electrons. The average Bonchev–Trinajstić information content (AvgIpc) is 3.33. The molecule has 3 aromatic rings. The highest BCUT2D eigenvalue weighted by Gasteiger charge is 2.35. The van der Waals surface area contributed by atoms with Crippen molar-refractivity contribution in [1.82, 2.24) is 9.88 Å². The molecule has 2 aromatic carbocycles. The summed E-state index contributed by atoms with van der Waals surface area (Å²) in [6.07, 6.45) is -1.10. The van der Waals surface area contributed by atoms with Gasteiger partial charge in [-0.15, -0.1) is 11.3 Å². The van der Waals surface area contributed by atoms with Crippen LogP contribution in [0.1, 0.15) is 50.3 Å². The number of alkyl halides is 3. The van der Waals surface area contributed by atoms with Crippen molar-refractivity contribution in [3.8, 4) is 26.8 Å². The lowest BCUT2D eigenvalue weighted by molar-refractivity contribution is -0.143. The number of carbonyl (C=O) groups is 1. The first-order valence-electron chi connectivity index (χ1n) is 12.5. The summed E-state index contributed by atoms with van der Waals surface area (Å²) in [6.45, 7) is 7.70. The van der Waals surface area contributed by atoms with Gasteiger partial charge < -0.3 is 9.84 Å². The molecule has 2 heterocycles.